The molecule has 0 atom stereocenters. The zero-order valence-corrected chi connectivity index (χ0v) is 39.2. The third kappa shape index (κ3) is 27.3. The Morgan fingerprint density at radius 1 is 0.415 bits per heavy atom. The van der Waals surface area contributed by atoms with Crippen LogP contribution in [0.2, 0.25) is 0 Å². The van der Waals surface area contributed by atoms with Crippen LogP contribution in [0.15, 0.2) is 0 Å². The normalized spacial score (nSPS) is 16.6. The molecule has 0 heterocycles. The molecule has 0 radical (unpaired) electrons. The average Bonchev–Trinajstić information content (AvgIpc) is 3.62. The maximum absolute atomic E-state index is 12.0. The second-order valence-electron chi connectivity index (χ2n) is 19.2. The van der Waals surface area contributed by atoms with Crippen LogP contribution in [-0.4, -0.2) is 72.4 Å². The molecule has 3 aliphatic carbocycles. The van der Waals surface area contributed by atoms with Crippen molar-refractivity contribution < 1.29 is 57.2 Å². The van der Waals surface area contributed by atoms with Crippen molar-refractivity contribution in [2.45, 2.75) is 273 Å². The molecule has 3 saturated carbocycles. The first-order chi connectivity index (χ1) is 27.4. The smallest absolute Gasteiger partial charge is 0.344 e. The average molecular weight is 935 g/mol. The van der Waals surface area contributed by atoms with Crippen molar-refractivity contribution in [3.63, 3.8) is 0 Å². The molecule has 0 bridgehead atoms. The summed E-state index contributed by atoms with van der Waals surface area (Å²) in [7, 11) is 0. The lowest BCUT2D eigenvalue weighted by molar-refractivity contribution is -0.172. The van der Waals surface area contributed by atoms with E-state index in [-0.39, 0.29) is 124 Å². The largest absolute Gasteiger partial charge is 0.465 e. The van der Waals surface area contributed by atoms with Crippen molar-refractivity contribution in [1.82, 2.24) is 0 Å². The monoisotopic (exact) mass is 935 g/mol. The highest BCUT2D eigenvalue weighted by molar-refractivity contribution is 5.80. The lowest BCUT2D eigenvalue weighted by atomic mass is 9.83. The highest BCUT2D eigenvalue weighted by Gasteiger charge is 2.36. The van der Waals surface area contributed by atoms with Crippen LogP contribution in [-0.2, 0) is 57.2 Å². The molecule has 0 aromatic carbocycles. The van der Waals surface area contributed by atoms with Gasteiger partial charge in [0.25, 0.3) is 0 Å². The minimum absolute atomic E-state index is 0. The first-order valence-electron chi connectivity index (χ1n) is 22.6. The van der Waals surface area contributed by atoms with E-state index in [2.05, 4.69) is 6.92 Å². The van der Waals surface area contributed by atoms with Gasteiger partial charge in [-0.1, -0.05) is 85.1 Å². The van der Waals surface area contributed by atoms with E-state index in [0.29, 0.717) is 12.8 Å². The van der Waals surface area contributed by atoms with Gasteiger partial charge in [0.1, 0.15) is 30.0 Å². The molecule has 3 fully saturated rings. The molecule has 0 spiro atoms. The minimum Gasteiger partial charge on any atom is -0.465 e. The summed E-state index contributed by atoms with van der Waals surface area (Å²) >= 11 is 0. The third-order valence-corrected chi connectivity index (χ3v) is 12.7. The van der Waals surface area contributed by atoms with Crippen LogP contribution in [0.3, 0.4) is 0 Å². The molecule has 12 nitrogen and oxygen atoms in total. The number of carbonyl (C=O) groups is 6. The van der Waals surface area contributed by atoms with Crippen molar-refractivity contribution in [2.75, 3.05) is 19.8 Å². The first-order valence-corrected chi connectivity index (χ1v) is 22.6. The Labute approximate surface area is 400 Å². The molecular formula is C53H106O12. The zero-order valence-electron chi connectivity index (χ0n) is 39.2. The van der Waals surface area contributed by atoms with Crippen molar-refractivity contribution >= 4 is 35.8 Å². The molecule has 390 valence electrons. The second-order valence-corrected chi connectivity index (χ2v) is 19.2. The van der Waals surface area contributed by atoms with Gasteiger partial charge in [-0.25, -0.2) is 4.79 Å². The molecule has 0 aromatic heterocycles. The Morgan fingerprint density at radius 3 is 1.05 bits per heavy atom. The van der Waals surface area contributed by atoms with Gasteiger partial charge in [0.15, 0.2) is 6.61 Å². The SMILES string of the molecule is C.C.C.C.C.C.CCC(C)(C)C(=O)OCC(=O)OC1(C)CCCC1.CCC(C)(C)C(=O)OCCC(=O)OC1(C)CCCCC1.CCC1(OC(=O)CCOC(=O)C(C)(C)CC)CCCCC1. The van der Waals surface area contributed by atoms with E-state index in [1.54, 1.807) is 13.8 Å². The highest BCUT2D eigenvalue weighted by atomic mass is 16.6. The van der Waals surface area contributed by atoms with E-state index >= 15 is 0 Å². The van der Waals surface area contributed by atoms with Crippen molar-refractivity contribution in [1.29, 1.82) is 0 Å². The molecule has 0 unspecified atom stereocenters. The van der Waals surface area contributed by atoms with Crippen LogP contribution >= 0.6 is 0 Å². The van der Waals surface area contributed by atoms with E-state index in [4.69, 9.17) is 28.4 Å². The number of hydrogen-bond acceptors (Lipinski definition) is 12. The fourth-order valence-corrected chi connectivity index (χ4v) is 6.87. The lowest BCUT2D eigenvalue weighted by Gasteiger charge is -2.36. The summed E-state index contributed by atoms with van der Waals surface area (Å²) in [6.45, 7) is 22.8. The van der Waals surface area contributed by atoms with E-state index in [1.165, 1.54) is 12.8 Å². The molecule has 0 aliphatic heterocycles. The summed E-state index contributed by atoms with van der Waals surface area (Å²) < 4.78 is 31.9. The van der Waals surface area contributed by atoms with Crippen LogP contribution in [0, 0.1) is 16.2 Å². The first kappa shape index (κ1) is 73.4. The molecule has 12 heteroatoms. The standard InChI is InChI=1S/C17H30O4.C16H28O4.C14H24O4.6CH4/c1-5-16(3,4)15(19)20-13-10-14(18)21-17(6-2)11-8-7-9-12-17;1-5-15(2,3)14(18)19-12-9-13(17)20-16(4)10-7-6-8-11-16;1-5-13(2,3)12(16)17-10-11(15)18-14(4)8-6-7-9-14;;;;;;/h5-13H2,1-4H3;5-12H2,1-4H3;5-10H2,1-4H3;6*1H4. The number of hydrogen-bond donors (Lipinski definition) is 0. The summed E-state index contributed by atoms with van der Waals surface area (Å²) in [5.41, 5.74) is -2.47. The van der Waals surface area contributed by atoms with Gasteiger partial charge in [-0.3, -0.25) is 24.0 Å². The Bertz CT molecular complexity index is 1330. The van der Waals surface area contributed by atoms with Crippen LogP contribution in [0.4, 0.5) is 0 Å². The summed E-state index contributed by atoms with van der Waals surface area (Å²) in [5.74, 6) is -1.81. The molecule has 0 saturated heterocycles. The van der Waals surface area contributed by atoms with Crippen molar-refractivity contribution in [3.8, 4) is 0 Å². The van der Waals surface area contributed by atoms with Crippen molar-refractivity contribution in [3.05, 3.63) is 0 Å². The topological polar surface area (TPSA) is 158 Å². The van der Waals surface area contributed by atoms with Crippen LogP contribution in [0.1, 0.15) is 256 Å². The molecule has 3 aliphatic rings. The van der Waals surface area contributed by atoms with Gasteiger partial charge in [0.05, 0.1) is 29.1 Å². The van der Waals surface area contributed by atoms with Crippen LogP contribution < -0.4 is 0 Å². The Balaban J connectivity index is -0.000000192. The van der Waals surface area contributed by atoms with Crippen LogP contribution in [0.5, 0.6) is 0 Å². The summed E-state index contributed by atoms with van der Waals surface area (Å²) in [6.07, 6.45) is 17.9. The number of carbonyl (C=O) groups excluding carboxylic acids is 6. The number of rotatable bonds is 18. The number of esters is 6. The predicted octanol–water partition coefficient (Wildman–Crippen LogP) is 14.3. The van der Waals surface area contributed by atoms with Gasteiger partial charge in [-0.15, -0.1) is 0 Å². The van der Waals surface area contributed by atoms with Gasteiger partial charge in [0, 0.05) is 0 Å². The summed E-state index contributed by atoms with van der Waals surface area (Å²) in [5, 5.41) is 0. The maximum atomic E-state index is 12.0. The maximum Gasteiger partial charge on any atom is 0.344 e. The fraction of sp³-hybridized carbons (Fsp3) is 0.887. The van der Waals surface area contributed by atoms with E-state index in [0.717, 1.165) is 89.9 Å². The van der Waals surface area contributed by atoms with E-state index in [1.807, 2.05) is 62.3 Å². The Morgan fingerprint density at radius 2 is 0.708 bits per heavy atom. The molecule has 0 N–H and O–H groups in total. The van der Waals surface area contributed by atoms with Gasteiger partial charge in [-0.05, 0) is 158 Å². The third-order valence-electron chi connectivity index (χ3n) is 12.7. The predicted molar refractivity (Wildman–Crippen MR) is 267 cm³/mol. The molecular weight excluding hydrogens is 829 g/mol. The number of ether oxygens (including phenoxy) is 6. The van der Waals surface area contributed by atoms with Crippen molar-refractivity contribution in [2.24, 2.45) is 16.2 Å². The lowest BCUT2D eigenvalue weighted by Crippen LogP contribution is -2.37. The molecule has 0 amide bonds. The quantitative estimate of drug-likeness (QED) is 0.0947. The minimum atomic E-state index is -0.544. The molecule has 0 aromatic rings. The van der Waals surface area contributed by atoms with Gasteiger partial charge in [0.2, 0.25) is 0 Å². The van der Waals surface area contributed by atoms with Gasteiger partial charge < -0.3 is 28.4 Å². The van der Waals surface area contributed by atoms with E-state index in [9.17, 15) is 28.8 Å². The van der Waals surface area contributed by atoms with Gasteiger partial charge in [-0.2, -0.15) is 0 Å². The van der Waals surface area contributed by atoms with E-state index < -0.39 is 22.2 Å². The summed E-state index contributed by atoms with van der Waals surface area (Å²) in [6, 6.07) is 0. The molecule has 3 rings (SSSR count). The Kier molecular flexibility index (Phi) is 38.6. The zero-order chi connectivity index (χ0) is 45.0. The fourth-order valence-electron chi connectivity index (χ4n) is 6.87. The van der Waals surface area contributed by atoms with Gasteiger partial charge >= 0.3 is 35.8 Å². The molecule has 65 heavy (non-hydrogen) atoms. The summed E-state index contributed by atoms with van der Waals surface area (Å²) in [4.78, 5) is 70.6. The Hall–Kier alpha value is -3.18. The highest BCUT2D eigenvalue weighted by Crippen LogP contribution is 2.35. The van der Waals surface area contributed by atoms with Crippen LogP contribution in [0.25, 0.3) is 0 Å². The second kappa shape index (κ2) is 34.2.